The topological polar surface area (TPSA) is 75.5 Å². The summed E-state index contributed by atoms with van der Waals surface area (Å²) in [5.41, 5.74) is 15.1. The Morgan fingerprint density at radius 2 is 1.86 bits per heavy atom. The highest BCUT2D eigenvalue weighted by molar-refractivity contribution is 5.76. The van der Waals surface area contributed by atoms with E-state index >= 15 is 0 Å². The van der Waals surface area contributed by atoms with Crippen LogP contribution in [0, 0.1) is 0 Å². The predicted octanol–water partition coefficient (Wildman–Crippen LogP) is 1.77. The zero-order chi connectivity index (χ0) is 15.6. The second-order valence-corrected chi connectivity index (χ2v) is 6.56. The van der Waals surface area contributed by atoms with Gasteiger partial charge in [-0.1, -0.05) is 30.4 Å². The van der Waals surface area contributed by atoms with E-state index in [-0.39, 0.29) is 11.6 Å². The average molecular weight is 299 g/mol. The van der Waals surface area contributed by atoms with E-state index in [0.29, 0.717) is 0 Å². The van der Waals surface area contributed by atoms with Crippen molar-refractivity contribution in [2.45, 2.75) is 30.9 Å². The van der Waals surface area contributed by atoms with Crippen LogP contribution in [-0.2, 0) is 0 Å². The van der Waals surface area contributed by atoms with Gasteiger partial charge in [0, 0.05) is 25.3 Å². The molecule has 4 heteroatoms. The number of allylic oxidation sites excluding steroid dienone is 2. The van der Waals surface area contributed by atoms with E-state index in [2.05, 4.69) is 23.1 Å². The number of nitrogens with zero attached hydrogens (tertiary/aromatic N) is 1. The molecule has 0 spiro atoms. The molecule has 0 amide bonds. The zero-order valence-electron chi connectivity index (χ0n) is 12.9. The van der Waals surface area contributed by atoms with Crippen molar-refractivity contribution in [1.29, 1.82) is 0 Å². The molecule has 1 saturated heterocycles. The molecular weight excluding hydrogens is 274 g/mol. The summed E-state index contributed by atoms with van der Waals surface area (Å²) < 4.78 is 0. The van der Waals surface area contributed by atoms with Gasteiger partial charge in [-0.25, -0.2) is 0 Å². The fourth-order valence-corrected chi connectivity index (χ4v) is 3.19. The average Bonchev–Trinajstić information content (AvgIpc) is 2.51. The number of anilines is 1. The van der Waals surface area contributed by atoms with Crippen molar-refractivity contribution >= 4 is 11.3 Å². The molecule has 1 atom stereocenters. The Hall–Kier alpha value is -1.62. The van der Waals surface area contributed by atoms with Gasteiger partial charge in [0.25, 0.3) is 0 Å². The van der Waals surface area contributed by atoms with Gasteiger partial charge in [-0.2, -0.15) is 0 Å². The molecule has 1 unspecified atom stereocenters. The first kappa shape index (κ1) is 15.3. The smallest absolute Gasteiger partial charge is 0.0564 e. The Morgan fingerprint density at radius 1 is 1.18 bits per heavy atom. The van der Waals surface area contributed by atoms with Crippen molar-refractivity contribution in [3.8, 4) is 0 Å². The Balaban J connectivity index is 1.62. The van der Waals surface area contributed by atoms with Crippen LogP contribution in [0.5, 0.6) is 0 Å². The minimum absolute atomic E-state index is 0.135. The number of aliphatic hydroxyl groups is 1. The van der Waals surface area contributed by atoms with E-state index in [9.17, 15) is 5.11 Å². The maximum absolute atomic E-state index is 9.59. The van der Waals surface area contributed by atoms with Crippen LogP contribution in [0.2, 0.25) is 0 Å². The number of nitrogens with two attached hydrogens (primary N) is 2. The van der Waals surface area contributed by atoms with E-state index in [0.717, 1.165) is 44.6 Å². The van der Waals surface area contributed by atoms with Crippen LogP contribution in [0.3, 0.4) is 0 Å². The van der Waals surface area contributed by atoms with Crippen molar-refractivity contribution < 1.29 is 5.11 Å². The van der Waals surface area contributed by atoms with E-state index in [1.807, 2.05) is 24.3 Å². The van der Waals surface area contributed by atoms with Crippen LogP contribution in [0.25, 0.3) is 5.57 Å². The molecule has 0 bridgehead atoms. The third-order valence-electron chi connectivity index (χ3n) is 4.62. The van der Waals surface area contributed by atoms with Crippen LogP contribution >= 0.6 is 0 Å². The molecule has 0 saturated carbocycles. The summed E-state index contributed by atoms with van der Waals surface area (Å²) in [5.74, 6) is 0. The highest BCUT2D eigenvalue weighted by Crippen LogP contribution is 2.27. The van der Waals surface area contributed by atoms with Crippen LogP contribution in [-0.4, -0.2) is 41.3 Å². The Kier molecular flexibility index (Phi) is 4.34. The molecule has 1 aromatic carbocycles. The van der Waals surface area contributed by atoms with Crippen molar-refractivity contribution in [1.82, 2.24) is 4.90 Å². The fourth-order valence-electron chi connectivity index (χ4n) is 3.19. The highest BCUT2D eigenvalue weighted by Gasteiger charge is 2.28. The molecule has 1 aromatic rings. The first-order chi connectivity index (χ1) is 10.5. The van der Waals surface area contributed by atoms with Crippen molar-refractivity contribution in [2.24, 2.45) is 5.73 Å². The van der Waals surface area contributed by atoms with Crippen LogP contribution < -0.4 is 11.5 Å². The maximum Gasteiger partial charge on any atom is 0.0564 e. The first-order valence-electron chi connectivity index (χ1n) is 7.99. The third kappa shape index (κ3) is 3.58. The number of nitrogen functional groups attached to an aromatic ring is 1. The third-order valence-corrected chi connectivity index (χ3v) is 4.62. The van der Waals surface area contributed by atoms with Crippen LogP contribution in [0.1, 0.15) is 24.8 Å². The first-order valence-corrected chi connectivity index (χ1v) is 7.99. The standard InChI is InChI=1S/C18H25N3O/c19-16-3-1-14(2-4-16)15-5-9-18(20,10-6-15)13-21-11-7-17(22)8-12-21/h1-6,9,17,22H,7-8,10-13,19-20H2. The lowest BCUT2D eigenvalue weighted by Gasteiger charge is -2.37. The van der Waals surface area contributed by atoms with Gasteiger partial charge in [0.15, 0.2) is 0 Å². The van der Waals surface area contributed by atoms with Crippen molar-refractivity contribution in [2.75, 3.05) is 25.4 Å². The number of aliphatic hydroxyl groups excluding tert-OH is 1. The number of hydrogen-bond acceptors (Lipinski definition) is 4. The van der Waals surface area contributed by atoms with E-state index in [1.165, 1.54) is 11.1 Å². The van der Waals surface area contributed by atoms with Gasteiger partial charge in [-0.05, 0) is 42.5 Å². The zero-order valence-corrected chi connectivity index (χ0v) is 12.9. The van der Waals surface area contributed by atoms with Crippen molar-refractivity contribution in [3.63, 3.8) is 0 Å². The van der Waals surface area contributed by atoms with Gasteiger partial charge in [-0.15, -0.1) is 0 Å². The summed E-state index contributed by atoms with van der Waals surface area (Å²) in [6.07, 6.45) is 8.87. The molecule has 1 heterocycles. The second kappa shape index (κ2) is 6.24. The Labute approximate surface area is 132 Å². The molecule has 4 nitrogen and oxygen atoms in total. The predicted molar refractivity (Wildman–Crippen MR) is 91.2 cm³/mol. The molecule has 0 radical (unpaired) electrons. The number of rotatable bonds is 3. The lowest BCUT2D eigenvalue weighted by atomic mass is 9.86. The SMILES string of the molecule is Nc1ccc(C2=CCC(N)(CN3CCC(O)CC3)C=C2)cc1. The summed E-state index contributed by atoms with van der Waals surface area (Å²) in [5, 5.41) is 9.59. The van der Waals surface area contributed by atoms with Gasteiger partial charge in [0.2, 0.25) is 0 Å². The van der Waals surface area contributed by atoms with Gasteiger partial charge in [-0.3, -0.25) is 0 Å². The minimum Gasteiger partial charge on any atom is -0.399 e. The Bertz CT molecular complexity index is 570. The van der Waals surface area contributed by atoms with Gasteiger partial charge in [0.05, 0.1) is 11.6 Å². The fraction of sp³-hybridized carbons (Fsp3) is 0.444. The summed E-state index contributed by atoms with van der Waals surface area (Å²) in [7, 11) is 0. The largest absolute Gasteiger partial charge is 0.399 e. The van der Waals surface area contributed by atoms with Crippen molar-refractivity contribution in [3.05, 3.63) is 48.1 Å². The van der Waals surface area contributed by atoms with E-state index < -0.39 is 0 Å². The van der Waals surface area contributed by atoms with Crippen LogP contribution in [0.4, 0.5) is 5.69 Å². The second-order valence-electron chi connectivity index (χ2n) is 6.56. The summed E-state index contributed by atoms with van der Waals surface area (Å²) in [4.78, 5) is 2.36. The normalized spacial score (nSPS) is 26.9. The molecule has 1 aliphatic heterocycles. The molecule has 5 N–H and O–H groups in total. The van der Waals surface area contributed by atoms with Gasteiger partial charge in [0.1, 0.15) is 0 Å². The quantitative estimate of drug-likeness (QED) is 0.744. The van der Waals surface area contributed by atoms with Gasteiger partial charge < -0.3 is 21.5 Å². The molecule has 1 aliphatic carbocycles. The van der Waals surface area contributed by atoms with E-state index in [4.69, 9.17) is 11.5 Å². The highest BCUT2D eigenvalue weighted by atomic mass is 16.3. The summed E-state index contributed by atoms with van der Waals surface area (Å²) in [6.45, 7) is 2.71. The Morgan fingerprint density at radius 3 is 2.45 bits per heavy atom. The molecule has 0 aromatic heterocycles. The lowest BCUT2D eigenvalue weighted by Crippen LogP contribution is -2.51. The molecular formula is C18H25N3O. The van der Waals surface area contributed by atoms with E-state index in [1.54, 1.807) is 0 Å². The number of piperidine rings is 1. The molecule has 118 valence electrons. The minimum atomic E-state index is -0.306. The monoisotopic (exact) mass is 299 g/mol. The number of benzene rings is 1. The molecule has 2 aliphatic rings. The number of hydrogen-bond donors (Lipinski definition) is 3. The lowest BCUT2D eigenvalue weighted by molar-refractivity contribution is 0.0751. The summed E-state index contributed by atoms with van der Waals surface area (Å²) in [6, 6.07) is 7.93. The van der Waals surface area contributed by atoms with Crippen LogP contribution in [0.15, 0.2) is 42.5 Å². The molecule has 1 fully saturated rings. The van der Waals surface area contributed by atoms with Gasteiger partial charge >= 0.3 is 0 Å². The molecule has 3 rings (SSSR count). The number of likely N-dealkylation sites (tertiary alicyclic amines) is 1. The maximum atomic E-state index is 9.59. The molecule has 22 heavy (non-hydrogen) atoms. The summed E-state index contributed by atoms with van der Waals surface area (Å²) >= 11 is 0.